The van der Waals surface area contributed by atoms with E-state index in [1.807, 2.05) is 11.3 Å². The van der Waals surface area contributed by atoms with E-state index < -0.39 is 0 Å². The minimum atomic E-state index is 0.508. The molecule has 136 valence electrons. The molecule has 0 amide bonds. The zero-order valence-corrected chi connectivity index (χ0v) is 16.8. The van der Waals surface area contributed by atoms with Crippen LogP contribution < -0.4 is 5.32 Å². The Hall–Kier alpha value is -0.970. The highest BCUT2D eigenvalue weighted by Crippen LogP contribution is 2.38. The molecule has 2 unspecified atom stereocenters. The van der Waals surface area contributed by atoms with Gasteiger partial charge in [0.05, 0.1) is 15.2 Å². The van der Waals surface area contributed by atoms with Gasteiger partial charge in [-0.3, -0.25) is 0 Å². The van der Waals surface area contributed by atoms with Crippen molar-refractivity contribution < 1.29 is 0 Å². The second kappa shape index (κ2) is 6.98. The average Bonchev–Trinajstić information content (AvgIpc) is 3.03. The summed E-state index contributed by atoms with van der Waals surface area (Å²) in [4.78, 5) is 7.58. The lowest BCUT2D eigenvalue weighted by atomic mass is 9.88. The number of nitrogens with one attached hydrogen (secondary N) is 1. The lowest BCUT2D eigenvalue weighted by Crippen LogP contribution is -2.43. The predicted octanol–water partition coefficient (Wildman–Crippen LogP) is 4.94. The molecule has 0 aliphatic carbocycles. The molecule has 3 nitrogen and oxygen atoms in total. The van der Waals surface area contributed by atoms with Crippen LogP contribution in [-0.4, -0.2) is 35.6 Å². The summed E-state index contributed by atoms with van der Waals surface area (Å²) >= 11 is 1.91. The van der Waals surface area contributed by atoms with E-state index in [-0.39, 0.29) is 0 Å². The molecule has 2 aliphatic rings. The first-order valence-corrected chi connectivity index (χ1v) is 10.7. The van der Waals surface area contributed by atoms with Crippen LogP contribution in [0.5, 0.6) is 0 Å². The molecule has 4 atom stereocenters. The third-order valence-corrected chi connectivity index (χ3v) is 7.68. The van der Waals surface area contributed by atoms with Crippen LogP contribution in [-0.2, 0) is 0 Å². The summed E-state index contributed by atoms with van der Waals surface area (Å²) in [6.45, 7) is 8.17. The molecule has 2 aromatic rings. The second-order valence-electron chi connectivity index (χ2n) is 8.45. The Bertz CT molecular complexity index is 720. The van der Waals surface area contributed by atoms with E-state index in [9.17, 15) is 0 Å². The number of hydrogen-bond donors (Lipinski definition) is 1. The van der Waals surface area contributed by atoms with E-state index in [1.54, 1.807) is 0 Å². The van der Waals surface area contributed by atoms with Crippen LogP contribution in [0.1, 0.15) is 69.0 Å². The quantitative estimate of drug-likeness (QED) is 0.825. The van der Waals surface area contributed by atoms with Crippen LogP contribution in [0.15, 0.2) is 18.2 Å². The molecule has 1 aromatic heterocycles. The minimum Gasteiger partial charge on any atom is -0.310 e. The molecular weight excluding hydrogens is 326 g/mol. The molecule has 0 saturated carbocycles. The van der Waals surface area contributed by atoms with E-state index in [4.69, 9.17) is 4.98 Å². The first kappa shape index (κ1) is 17.4. The fraction of sp³-hybridized carbons (Fsp3) is 0.667. The fourth-order valence-electron chi connectivity index (χ4n) is 4.53. The van der Waals surface area contributed by atoms with E-state index in [2.05, 4.69) is 56.2 Å². The van der Waals surface area contributed by atoms with E-state index >= 15 is 0 Å². The Kier molecular flexibility index (Phi) is 4.87. The van der Waals surface area contributed by atoms with Gasteiger partial charge >= 0.3 is 0 Å². The maximum atomic E-state index is 5.07. The number of hydrogen-bond acceptors (Lipinski definition) is 4. The molecule has 25 heavy (non-hydrogen) atoms. The van der Waals surface area contributed by atoms with Gasteiger partial charge in [0.1, 0.15) is 0 Å². The topological polar surface area (TPSA) is 28.2 Å². The number of piperidine rings is 2. The van der Waals surface area contributed by atoms with E-state index in [0.717, 1.165) is 12.5 Å². The first-order valence-electron chi connectivity index (χ1n) is 9.87. The monoisotopic (exact) mass is 357 g/mol. The Labute approximate surface area is 155 Å². The maximum absolute atomic E-state index is 5.07. The third kappa shape index (κ3) is 3.49. The molecule has 2 aliphatic heterocycles. The minimum absolute atomic E-state index is 0.508. The number of nitrogens with zero attached hydrogens (tertiary/aromatic N) is 2. The van der Waals surface area contributed by atoms with Gasteiger partial charge in [0, 0.05) is 24.0 Å². The van der Waals surface area contributed by atoms with Gasteiger partial charge in [-0.1, -0.05) is 13.0 Å². The highest BCUT2D eigenvalue weighted by Gasteiger charge is 2.31. The molecule has 0 bridgehead atoms. The predicted molar refractivity (Wildman–Crippen MR) is 107 cm³/mol. The van der Waals surface area contributed by atoms with Crippen LogP contribution in [0.4, 0.5) is 0 Å². The number of thiazole rings is 1. The van der Waals surface area contributed by atoms with Gasteiger partial charge in [-0.15, -0.1) is 11.3 Å². The summed E-state index contributed by atoms with van der Waals surface area (Å²) in [5.74, 6) is 1.43. The van der Waals surface area contributed by atoms with Crippen LogP contribution in [0.25, 0.3) is 10.2 Å². The van der Waals surface area contributed by atoms with E-state index in [0.29, 0.717) is 24.0 Å². The van der Waals surface area contributed by atoms with Crippen LogP contribution >= 0.6 is 11.3 Å². The number of rotatable bonds is 2. The lowest BCUT2D eigenvalue weighted by molar-refractivity contribution is 0.122. The summed E-state index contributed by atoms with van der Waals surface area (Å²) in [5, 5.41) is 5.06. The van der Waals surface area contributed by atoms with Gasteiger partial charge in [0.15, 0.2) is 0 Å². The molecule has 0 radical (unpaired) electrons. The molecule has 1 N–H and O–H groups in total. The average molecular weight is 358 g/mol. The van der Waals surface area contributed by atoms with Crippen molar-refractivity contribution in [3.05, 3.63) is 28.8 Å². The number of aromatic nitrogens is 1. The van der Waals surface area contributed by atoms with Gasteiger partial charge in [-0.25, -0.2) is 4.98 Å². The largest absolute Gasteiger partial charge is 0.310 e. The second-order valence-corrected chi connectivity index (χ2v) is 9.52. The summed E-state index contributed by atoms with van der Waals surface area (Å²) in [6.07, 6.45) is 5.03. The standard InChI is InChI=1S/C21H31N3S/c1-13-5-7-18(22-12-13)16-6-8-20-19(11-16)23-21(25-20)17-9-14(2)24(4)15(3)10-17/h6,8,11,13-15,17-18,22H,5,7,9-10,12H2,1-4H3/t13-,14?,15?,17?,18+/m0/s1. The van der Waals surface area contributed by atoms with Crippen molar-refractivity contribution in [1.29, 1.82) is 0 Å². The SMILES string of the molecule is CC1CC(c2nc3cc([C@H]4CC[C@H](C)CN4)ccc3s2)CC(C)N1C. The molecule has 3 heterocycles. The van der Waals surface area contributed by atoms with Crippen molar-refractivity contribution in [3.8, 4) is 0 Å². The van der Waals surface area contributed by atoms with Crippen molar-refractivity contribution >= 4 is 21.6 Å². The Morgan fingerprint density at radius 1 is 1.12 bits per heavy atom. The molecule has 2 fully saturated rings. The Morgan fingerprint density at radius 2 is 1.88 bits per heavy atom. The summed E-state index contributed by atoms with van der Waals surface area (Å²) in [7, 11) is 2.26. The maximum Gasteiger partial charge on any atom is 0.0970 e. The van der Waals surface area contributed by atoms with Crippen molar-refractivity contribution in [2.75, 3.05) is 13.6 Å². The summed E-state index contributed by atoms with van der Waals surface area (Å²) in [5.41, 5.74) is 2.62. The molecule has 0 spiro atoms. The normalized spacial score (nSPS) is 34.5. The van der Waals surface area contributed by atoms with Crippen LogP contribution in [0, 0.1) is 5.92 Å². The van der Waals surface area contributed by atoms with E-state index in [1.165, 1.54) is 46.5 Å². The van der Waals surface area contributed by atoms with Gasteiger partial charge in [0.2, 0.25) is 0 Å². The van der Waals surface area contributed by atoms with Gasteiger partial charge < -0.3 is 10.2 Å². The third-order valence-electron chi connectivity index (χ3n) is 6.48. The van der Waals surface area contributed by atoms with Crippen molar-refractivity contribution in [2.24, 2.45) is 5.92 Å². The van der Waals surface area contributed by atoms with Crippen molar-refractivity contribution in [1.82, 2.24) is 15.2 Å². The van der Waals surface area contributed by atoms with Crippen molar-refractivity contribution in [3.63, 3.8) is 0 Å². The fourth-order valence-corrected chi connectivity index (χ4v) is 5.60. The van der Waals surface area contributed by atoms with Crippen molar-refractivity contribution in [2.45, 2.75) is 70.5 Å². The molecule has 4 heteroatoms. The van der Waals surface area contributed by atoms with Gasteiger partial charge in [0.25, 0.3) is 0 Å². The highest BCUT2D eigenvalue weighted by molar-refractivity contribution is 7.18. The Balaban J connectivity index is 1.56. The summed E-state index contributed by atoms with van der Waals surface area (Å²) < 4.78 is 1.35. The highest BCUT2D eigenvalue weighted by atomic mass is 32.1. The molecule has 2 saturated heterocycles. The van der Waals surface area contributed by atoms with Crippen LogP contribution in [0.3, 0.4) is 0 Å². The molecule has 4 rings (SSSR count). The lowest BCUT2D eigenvalue weighted by Gasteiger charge is -2.39. The number of benzene rings is 1. The zero-order chi connectivity index (χ0) is 17.6. The Morgan fingerprint density at radius 3 is 2.56 bits per heavy atom. The number of likely N-dealkylation sites (tertiary alicyclic amines) is 1. The molecular formula is C21H31N3S. The van der Waals surface area contributed by atoms with Gasteiger partial charge in [-0.2, -0.15) is 0 Å². The zero-order valence-electron chi connectivity index (χ0n) is 16.0. The van der Waals surface area contributed by atoms with Crippen LogP contribution in [0.2, 0.25) is 0 Å². The molecule has 1 aromatic carbocycles. The number of fused-ring (bicyclic) bond motifs is 1. The van der Waals surface area contributed by atoms with Gasteiger partial charge in [-0.05, 0) is 76.7 Å². The summed E-state index contributed by atoms with van der Waals surface area (Å²) in [6, 6.07) is 8.75. The first-order chi connectivity index (χ1) is 12.0. The smallest absolute Gasteiger partial charge is 0.0970 e.